The van der Waals surface area contributed by atoms with Crippen LogP contribution in [0.3, 0.4) is 0 Å². The summed E-state index contributed by atoms with van der Waals surface area (Å²) in [6.45, 7) is 0.185. The van der Waals surface area contributed by atoms with E-state index in [1.807, 2.05) is 43.3 Å². The lowest BCUT2D eigenvalue weighted by Crippen LogP contribution is -2.34. The SMILES string of the molecule is COc1cccc(C(CNS(=O)(=O)c2ccc3oc(=O)ccc3c2)N(C)C)c1. The Morgan fingerprint density at radius 3 is 2.61 bits per heavy atom. The third-order valence-corrected chi connectivity index (χ3v) is 5.89. The molecule has 0 amide bonds. The Morgan fingerprint density at radius 1 is 1.11 bits per heavy atom. The molecule has 1 N–H and O–H groups in total. The first-order valence-corrected chi connectivity index (χ1v) is 10.1. The van der Waals surface area contributed by atoms with Crippen LogP contribution >= 0.6 is 0 Å². The van der Waals surface area contributed by atoms with Crippen molar-refractivity contribution in [2.75, 3.05) is 27.7 Å². The fourth-order valence-corrected chi connectivity index (χ4v) is 4.01. The van der Waals surface area contributed by atoms with Crippen LogP contribution in [0.1, 0.15) is 11.6 Å². The third-order valence-electron chi connectivity index (χ3n) is 4.47. The summed E-state index contributed by atoms with van der Waals surface area (Å²) in [6.07, 6.45) is 0. The van der Waals surface area contributed by atoms with Crippen molar-refractivity contribution < 1.29 is 17.6 Å². The molecule has 1 heterocycles. The van der Waals surface area contributed by atoms with Crippen LogP contribution in [-0.2, 0) is 10.0 Å². The number of fused-ring (bicyclic) bond motifs is 1. The van der Waals surface area contributed by atoms with Gasteiger partial charge < -0.3 is 14.1 Å². The summed E-state index contributed by atoms with van der Waals surface area (Å²) in [5, 5.41) is 0.541. The van der Waals surface area contributed by atoms with Crippen molar-refractivity contribution in [2.24, 2.45) is 0 Å². The van der Waals surface area contributed by atoms with E-state index in [4.69, 9.17) is 9.15 Å². The maximum atomic E-state index is 12.8. The van der Waals surface area contributed by atoms with Crippen molar-refractivity contribution in [3.05, 3.63) is 70.6 Å². The number of sulfonamides is 1. The Kier molecular flexibility index (Phi) is 5.83. The summed E-state index contributed by atoms with van der Waals surface area (Å²) in [4.78, 5) is 13.3. The molecule has 0 radical (unpaired) electrons. The summed E-state index contributed by atoms with van der Waals surface area (Å²) in [7, 11) is 1.62. The van der Waals surface area contributed by atoms with E-state index in [1.165, 1.54) is 24.3 Å². The van der Waals surface area contributed by atoms with Gasteiger partial charge in [-0.25, -0.2) is 17.9 Å². The minimum absolute atomic E-state index is 0.108. The molecule has 148 valence electrons. The molecule has 8 heteroatoms. The van der Waals surface area contributed by atoms with Crippen LogP contribution in [0.15, 0.2) is 68.7 Å². The number of benzene rings is 2. The lowest BCUT2D eigenvalue weighted by atomic mass is 10.1. The predicted molar refractivity (Wildman–Crippen MR) is 107 cm³/mol. The molecule has 1 atom stereocenters. The highest BCUT2D eigenvalue weighted by Gasteiger charge is 2.20. The molecule has 7 nitrogen and oxygen atoms in total. The van der Waals surface area contributed by atoms with Crippen molar-refractivity contribution in [1.82, 2.24) is 9.62 Å². The van der Waals surface area contributed by atoms with Gasteiger partial charge in [0.25, 0.3) is 0 Å². The zero-order valence-electron chi connectivity index (χ0n) is 15.9. The highest BCUT2D eigenvalue weighted by Crippen LogP contribution is 2.23. The maximum absolute atomic E-state index is 12.8. The summed E-state index contributed by atoms with van der Waals surface area (Å²) < 4.78 is 38.5. The van der Waals surface area contributed by atoms with Crippen LogP contribution < -0.4 is 15.1 Å². The molecular formula is C20H22N2O5S. The molecule has 0 saturated carbocycles. The van der Waals surface area contributed by atoms with Gasteiger partial charge in [0.2, 0.25) is 10.0 Å². The molecule has 28 heavy (non-hydrogen) atoms. The van der Waals surface area contributed by atoms with Gasteiger partial charge in [0.1, 0.15) is 11.3 Å². The average Bonchev–Trinajstić information content (AvgIpc) is 2.67. The van der Waals surface area contributed by atoms with Crippen LogP contribution in [0.2, 0.25) is 0 Å². The smallest absolute Gasteiger partial charge is 0.336 e. The zero-order chi connectivity index (χ0) is 20.3. The Hall–Kier alpha value is -2.68. The average molecular weight is 402 g/mol. The topological polar surface area (TPSA) is 88.8 Å². The number of hydrogen-bond acceptors (Lipinski definition) is 6. The molecule has 0 aliphatic carbocycles. The minimum Gasteiger partial charge on any atom is -0.497 e. The standard InChI is InChI=1S/C20H22N2O5S/c1-22(2)18(14-5-4-6-16(11-14)26-3)13-21-28(24,25)17-8-9-19-15(12-17)7-10-20(23)27-19/h4-12,18,21H,13H2,1-3H3. The molecule has 1 unspecified atom stereocenters. The number of nitrogens with zero attached hydrogens (tertiary/aromatic N) is 1. The lowest BCUT2D eigenvalue weighted by molar-refractivity contribution is 0.298. The lowest BCUT2D eigenvalue weighted by Gasteiger charge is -2.25. The summed E-state index contributed by atoms with van der Waals surface area (Å²) >= 11 is 0. The largest absolute Gasteiger partial charge is 0.497 e. The number of nitrogens with one attached hydrogen (secondary N) is 1. The van der Waals surface area contributed by atoms with E-state index in [1.54, 1.807) is 13.2 Å². The Balaban J connectivity index is 1.84. The van der Waals surface area contributed by atoms with E-state index in [0.717, 1.165) is 5.56 Å². The number of methoxy groups -OCH3 is 1. The fourth-order valence-electron chi connectivity index (χ4n) is 2.94. The van der Waals surface area contributed by atoms with E-state index < -0.39 is 15.6 Å². The first kappa shape index (κ1) is 20.1. The van der Waals surface area contributed by atoms with Crippen molar-refractivity contribution in [1.29, 1.82) is 0 Å². The van der Waals surface area contributed by atoms with Gasteiger partial charge in [-0.3, -0.25) is 0 Å². The molecule has 0 saturated heterocycles. The number of ether oxygens (including phenoxy) is 1. The molecule has 1 aromatic heterocycles. The molecule has 0 aliphatic heterocycles. The van der Waals surface area contributed by atoms with Gasteiger partial charge in [0.15, 0.2) is 0 Å². The van der Waals surface area contributed by atoms with E-state index in [2.05, 4.69) is 4.72 Å². The van der Waals surface area contributed by atoms with Gasteiger partial charge in [-0.2, -0.15) is 0 Å². The van der Waals surface area contributed by atoms with Gasteiger partial charge in [0, 0.05) is 24.0 Å². The highest BCUT2D eigenvalue weighted by atomic mass is 32.2. The van der Waals surface area contributed by atoms with Gasteiger partial charge in [-0.1, -0.05) is 12.1 Å². The normalized spacial score (nSPS) is 13.0. The zero-order valence-corrected chi connectivity index (χ0v) is 16.7. The molecule has 3 aromatic rings. The molecule has 0 bridgehead atoms. The third kappa shape index (κ3) is 4.41. The molecule has 3 rings (SSSR count). The maximum Gasteiger partial charge on any atom is 0.336 e. The van der Waals surface area contributed by atoms with Crippen molar-refractivity contribution >= 4 is 21.0 Å². The quantitative estimate of drug-likeness (QED) is 0.611. The molecular weight excluding hydrogens is 380 g/mol. The molecule has 0 spiro atoms. The van der Waals surface area contributed by atoms with Crippen LogP contribution in [0.5, 0.6) is 5.75 Å². The Morgan fingerprint density at radius 2 is 1.89 bits per heavy atom. The number of hydrogen-bond donors (Lipinski definition) is 1. The second kappa shape index (κ2) is 8.14. The molecule has 2 aromatic carbocycles. The van der Waals surface area contributed by atoms with Gasteiger partial charge in [-0.15, -0.1) is 0 Å². The fraction of sp³-hybridized carbons (Fsp3) is 0.250. The van der Waals surface area contributed by atoms with Crippen molar-refractivity contribution in [2.45, 2.75) is 10.9 Å². The van der Waals surface area contributed by atoms with E-state index in [9.17, 15) is 13.2 Å². The molecule has 0 fully saturated rings. The van der Waals surface area contributed by atoms with Crippen LogP contribution in [-0.4, -0.2) is 41.1 Å². The Bertz CT molecular complexity index is 1140. The van der Waals surface area contributed by atoms with E-state index in [-0.39, 0.29) is 17.5 Å². The first-order chi connectivity index (χ1) is 13.3. The minimum atomic E-state index is -3.74. The van der Waals surface area contributed by atoms with Crippen molar-refractivity contribution in [3.63, 3.8) is 0 Å². The molecule has 0 aliphatic rings. The van der Waals surface area contributed by atoms with Gasteiger partial charge in [-0.05, 0) is 56.1 Å². The van der Waals surface area contributed by atoms with Crippen LogP contribution in [0, 0.1) is 0 Å². The predicted octanol–water partition coefficient (Wildman–Crippen LogP) is 2.38. The monoisotopic (exact) mass is 402 g/mol. The summed E-state index contributed by atoms with van der Waals surface area (Å²) in [5.41, 5.74) is 0.801. The van der Waals surface area contributed by atoms with Crippen LogP contribution in [0.4, 0.5) is 0 Å². The van der Waals surface area contributed by atoms with Crippen LogP contribution in [0.25, 0.3) is 11.0 Å². The van der Waals surface area contributed by atoms with E-state index >= 15 is 0 Å². The highest BCUT2D eigenvalue weighted by molar-refractivity contribution is 7.89. The van der Waals surface area contributed by atoms with Gasteiger partial charge in [0.05, 0.1) is 12.0 Å². The van der Waals surface area contributed by atoms with E-state index in [0.29, 0.717) is 16.7 Å². The van der Waals surface area contributed by atoms with Crippen molar-refractivity contribution in [3.8, 4) is 5.75 Å². The summed E-state index contributed by atoms with van der Waals surface area (Å²) in [5.74, 6) is 0.711. The van der Waals surface area contributed by atoms with Gasteiger partial charge >= 0.3 is 5.63 Å². The number of likely N-dealkylation sites (N-methyl/N-ethyl adjacent to an activating group) is 1. The number of rotatable bonds is 7. The second-order valence-corrected chi connectivity index (χ2v) is 8.33. The summed E-state index contributed by atoms with van der Waals surface area (Å²) in [6, 6.07) is 14.5. The first-order valence-electron chi connectivity index (χ1n) is 8.64. The second-order valence-electron chi connectivity index (χ2n) is 6.56. The Labute approximate surface area is 163 Å².